The molecule has 88 valence electrons. The number of Topliss-reactive ketones (excluding diaryl/α,β-unsaturated/α-hetero) is 1. The van der Waals surface area contributed by atoms with Gasteiger partial charge in [-0.1, -0.05) is 15.9 Å². The average Bonchev–Trinajstić information content (AvgIpc) is 2.16. The number of alkyl halides is 2. The van der Waals surface area contributed by atoms with Gasteiger partial charge in [-0.25, -0.2) is 8.78 Å². The second-order valence-corrected chi connectivity index (χ2v) is 4.40. The second-order valence-electron chi connectivity index (χ2n) is 3.49. The van der Waals surface area contributed by atoms with E-state index in [1.165, 1.54) is 11.8 Å². The molecular formula is C11H12BrF2NO. The van der Waals surface area contributed by atoms with E-state index in [0.717, 1.165) is 4.47 Å². The van der Waals surface area contributed by atoms with Gasteiger partial charge in [-0.15, -0.1) is 0 Å². The van der Waals surface area contributed by atoms with E-state index in [9.17, 15) is 13.6 Å². The zero-order valence-corrected chi connectivity index (χ0v) is 10.6. The maximum Gasteiger partial charge on any atom is 0.255 e. The molecule has 0 aromatic heterocycles. The summed E-state index contributed by atoms with van der Waals surface area (Å²) in [4.78, 5) is 12.8. The molecule has 1 aromatic carbocycles. The lowest BCUT2D eigenvalue weighted by atomic mass is 10.1. The van der Waals surface area contributed by atoms with Crippen LogP contribution in [0.25, 0.3) is 0 Å². The minimum absolute atomic E-state index is 0.141. The van der Waals surface area contributed by atoms with Gasteiger partial charge in [0, 0.05) is 22.8 Å². The zero-order valence-electron chi connectivity index (χ0n) is 9.01. The number of nitrogens with zero attached hydrogens (tertiary/aromatic N) is 1. The third-order valence-corrected chi connectivity index (χ3v) is 2.65. The minimum Gasteiger partial charge on any atom is -0.368 e. The SMILES string of the molecule is CC(=O)c1cc(Br)ccc1N(C)CC(F)F. The number of anilines is 1. The van der Waals surface area contributed by atoms with Crippen LogP contribution >= 0.6 is 15.9 Å². The highest BCUT2D eigenvalue weighted by Gasteiger charge is 2.14. The summed E-state index contributed by atoms with van der Waals surface area (Å²) < 4.78 is 25.3. The topological polar surface area (TPSA) is 20.3 Å². The van der Waals surface area contributed by atoms with E-state index in [2.05, 4.69) is 15.9 Å². The van der Waals surface area contributed by atoms with Crippen LogP contribution in [0.2, 0.25) is 0 Å². The number of ketones is 1. The molecule has 0 unspecified atom stereocenters. The molecule has 2 nitrogen and oxygen atoms in total. The molecule has 0 saturated heterocycles. The van der Waals surface area contributed by atoms with Crippen LogP contribution in [0.1, 0.15) is 17.3 Å². The number of carbonyl (C=O) groups excluding carboxylic acids is 1. The number of carbonyl (C=O) groups is 1. The Morgan fingerprint density at radius 1 is 1.50 bits per heavy atom. The largest absolute Gasteiger partial charge is 0.368 e. The summed E-state index contributed by atoms with van der Waals surface area (Å²) in [6.45, 7) is 1.03. The molecule has 0 aliphatic rings. The monoisotopic (exact) mass is 291 g/mol. The molecular weight excluding hydrogens is 280 g/mol. The van der Waals surface area contributed by atoms with Crippen molar-refractivity contribution in [2.24, 2.45) is 0 Å². The van der Waals surface area contributed by atoms with Crippen LogP contribution in [0, 0.1) is 0 Å². The Bertz CT molecular complexity index is 396. The summed E-state index contributed by atoms with van der Waals surface area (Å²) in [5, 5.41) is 0. The lowest BCUT2D eigenvalue weighted by molar-refractivity contribution is 0.101. The van der Waals surface area contributed by atoms with Crippen molar-refractivity contribution in [3.63, 3.8) is 0 Å². The van der Waals surface area contributed by atoms with Crippen molar-refractivity contribution in [2.75, 3.05) is 18.5 Å². The van der Waals surface area contributed by atoms with Gasteiger partial charge >= 0.3 is 0 Å². The van der Waals surface area contributed by atoms with Gasteiger partial charge in [0.05, 0.1) is 6.54 Å². The number of hydrogen-bond donors (Lipinski definition) is 0. The van der Waals surface area contributed by atoms with Gasteiger partial charge in [-0.05, 0) is 25.1 Å². The number of rotatable bonds is 4. The van der Waals surface area contributed by atoms with E-state index in [-0.39, 0.29) is 12.3 Å². The molecule has 0 heterocycles. The quantitative estimate of drug-likeness (QED) is 0.793. The van der Waals surface area contributed by atoms with Gasteiger partial charge in [-0.2, -0.15) is 0 Å². The first-order valence-corrected chi connectivity index (χ1v) is 5.51. The van der Waals surface area contributed by atoms with Crippen molar-refractivity contribution in [3.05, 3.63) is 28.2 Å². The van der Waals surface area contributed by atoms with Crippen molar-refractivity contribution in [3.8, 4) is 0 Å². The van der Waals surface area contributed by atoms with E-state index >= 15 is 0 Å². The second kappa shape index (κ2) is 5.39. The number of benzene rings is 1. The van der Waals surface area contributed by atoms with Crippen LogP contribution in [0.5, 0.6) is 0 Å². The Morgan fingerprint density at radius 2 is 2.12 bits per heavy atom. The van der Waals surface area contributed by atoms with Gasteiger partial charge in [-0.3, -0.25) is 4.79 Å². The van der Waals surface area contributed by atoms with Crippen LogP contribution in [-0.4, -0.2) is 25.8 Å². The molecule has 5 heteroatoms. The average molecular weight is 292 g/mol. The lowest BCUT2D eigenvalue weighted by Crippen LogP contribution is -2.25. The molecule has 0 aliphatic carbocycles. The van der Waals surface area contributed by atoms with Crippen molar-refractivity contribution in [1.29, 1.82) is 0 Å². The van der Waals surface area contributed by atoms with Gasteiger partial charge in [0.2, 0.25) is 0 Å². The molecule has 0 radical (unpaired) electrons. The van der Waals surface area contributed by atoms with Gasteiger partial charge in [0.1, 0.15) is 0 Å². The maximum absolute atomic E-state index is 12.2. The van der Waals surface area contributed by atoms with Crippen molar-refractivity contribution in [2.45, 2.75) is 13.3 Å². The van der Waals surface area contributed by atoms with E-state index < -0.39 is 6.43 Å². The minimum atomic E-state index is -2.42. The predicted molar refractivity (Wildman–Crippen MR) is 63.4 cm³/mol. The molecule has 0 atom stereocenters. The Morgan fingerprint density at radius 3 is 2.62 bits per heavy atom. The van der Waals surface area contributed by atoms with E-state index in [1.807, 2.05) is 0 Å². The third-order valence-electron chi connectivity index (χ3n) is 2.16. The first-order valence-electron chi connectivity index (χ1n) is 4.71. The molecule has 0 saturated carbocycles. The first kappa shape index (κ1) is 13.1. The molecule has 16 heavy (non-hydrogen) atoms. The molecule has 0 bridgehead atoms. The fourth-order valence-corrected chi connectivity index (χ4v) is 1.79. The zero-order chi connectivity index (χ0) is 12.3. The number of halogens is 3. The lowest BCUT2D eigenvalue weighted by Gasteiger charge is -2.21. The fraction of sp³-hybridized carbons (Fsp3) is 0.364. The van der Waals surface area contributed by atoms with Crippen LogP contribution in [-0.2, 0) is 0 Å². The van der Waals surface area contributed by atoms with Crippen molar-refractivity contribution in [1.82, 2.24) is 0 Å². The Labute approximate surface area is 101 Å². The highest BCUT2D eigenvalue weighted by atomic mass is 79.9. The highest BCUT2D eigenvalue weighted by molar-refractivity contribution is 9.10. The predicted octanol–water partition coefficient (Wildman–Crippen LogP) is 3.35. The van der Waals surface area contributed by atoms with Crippen LogP contribution < -0.4 is 4.90 Å². The molecule has 0 N–H and O–H groups in total. The molecule has 1 rings (SSSR count). The van der Waals surface area contributed by atoms with Gasteiger partial charge < -0.3 is 4.90 Å². The van der Waals surface area contributed by atoms with Gasteiger partial charge in [0.15, 0.2) is 5.78 Å². The summed E-state index contributed by atoms with van der Waals surface area (Å²) >= 11 is 3.25. The molecule has 0 fully saturated rings. The Kier molecular flexibility index (Phi) is 4.41. The standard InChI is InChI=1S/C11H12BrF2NO/c1-7(16)9-5-8(12)3-4-10(9)15(2)6-11(13)14/h3-5,11H,6H2,1-2H3. The van der Waals surface area contributed by atoms with Crippen molar-refractivity contribution >= 4 is 27.4 Å². The maximum atomic E-state index is 12.2. The summed E-state index contributed by atoms with van der Waals surface area (Å²) in [5.74, 6) is -0.141. The molecule has 1 aromatic rings. The van der Waals surface area contributed by atoms with Gasteiger partial charge in [0.25, 0.3) is 6.43 Å². The summed E-state index contributed by atoms with van der Waals surface area (Å²) in [7, 11) is 1.54. The molecule has 0 amide bonds. The summed E-state index contributed by atoms with van der Waals surface area (Å²) in [6.07, 6.45) is -2.42. The highest BCUT2D eigenvalue weighted by Crippen LogP contribution is 2.24. The normalized spacial score (nSPS) is 10.6. The van der Waals surface area contributed by atoms with E-state index in [4.69, 9.17) is 0 Å². The third kappa shape index (κ3) is 3.27. The smallest absolute Gasteiger partial charge is 0.255 e. The summed E-state index contributed by atoms with van der Waals surface area (Å²) in [6, 6.07) is 5.02. The Hall–Kier alpha value is -0.970. The van der Waals surface area contributed by atoms with E-state index in [1.54, 1.807) is 25.2 Å². The summed E-state index contributed by atoms with van der Waals surface area (Å²) in [5.41, 5.74) is 0.966. The van der Waals surface area contributed by atoms with Crippen molar-refractivity contribution < 1.29 is 13.6 Å². The number of hydrogen-bond acceptors (Lipinski definition) is 2. The van der Waals surface area contributed by atoms with E-state index in [0.29, 0.717) is 11.3 Å². The fourth-order valence-electron chi connectivity index (χ4n) is 1.43. The van der Waals surface area contributed by atoms with Crippen LogP contribution in [0.15, 0.2) is 22.7 Å². The Balaban J connectivity index is 3.07. The molecule has 0 aliphatic heterocycles. The first-order chi connectivity index (χ1) is 7.41. The van der Waals surface area contributed by atoms with Crippen LogP contribution in [0.3, 0.4) is 0 Å². The molecule has 0 spiro atoms. The van der Waals surface area contributed by atoms with Crippen LogP contribution in [0.4, 0.5) is 14.5 Å².